The molecule has 0 fully saturated rings. The Morgan fingerprint density at radius 2 is 2.27 bits per heavy atom. The van der Waals surface area contributed by atoms with Crippen molar-refractivity contribution in [1.82, 2.24) is 9.61 Å². The summed E-state index contributed by atoms with van der Waals surface area (Å²) in [5.41, 5.74) is 1.52. The number of carbonyl (C=O) groups is 1. The molecular weight excluding hydrogens is 140 g/mol. The second-order valence-corrected chi connectivity index (χ2v) is 2.24. The molecule has 0 radical (unpaired) electrons. The molecule has 2 heterocycles. The number of carbonyl (C=O) groups excluding carboxylic acids is 1. The van der Waals surface area contributed by atoms with Gasteiger partial charge in [0, 0.05) is 0 Å². The third-order valence-corrected chi connectivity index (χ3v) is 1.57. The first-order valence-corrected chi connectivity index (χ1v) is 3.30. The molecule has 3 nitrogen and oxygen atoms in total. The molecule has 0 saturated carbocycles. The highest BCUT2D eigenvalue weighted by Gasteiger charge is 1.96. The Kier molecular flexibility index (Phi) is 1.22. The van der Waals surface area contributed by atoms with E-state index in [0.29, 0.717) is 5.69 Å². The Hall–Kier alpha value is -1.64. The van der Waals surface area contributed by atoms with Gasteiger partial charge in [-0.2, -0.15) is 5.10 Å². The lowest BCUT2D eigenvalue weighted by Crippen LogP contribution is -1.94. The van der Waals surface area contributed by atoms with E-state index < -0.39 is 0 Å². The number of aldehydes is 1. The number of fused-ring (bicyclic) bond motifs is 1. The van der Waals surface area contributed by atoms with Crippen molar-refractivity contribution in [1.29, 1.82) is 0 Å². The summed E-state index contributed by atoms with van der Waals surface area (Å²) in [4.78, 5) is 10.5. The van der Waals surface area contributed by atoms with Crippen molar-refractivity contribution >= 4 is 11.8 Å². The lowest BCUT2D eigenvalue weighted by atomic mass is 10.3. The predicted octanol–water partition coefficient (Wildman–Crippen LogP) is 1.15. The van der Waals surface area contributed by atoms with Crippen molar-refractivity contribution in [3.8, 4) is 0 Å². The van der Waals surface area contributed by atoms with Crippen molar-refractivity contribution in [3.05, 3.63) is 36.2 Å². The monoisotopic (exact) mass is 146 g/mol. The van der Waals surface area contributed by atoms with Gasteiger partial charge in [-0.25, -0.2) is 4.52 Å². The summed E-state index contributed by atoms with van der Waals surface area (Å²) in [7, 11) is 0. The highest BCUT2D eigenvalue weighted by molar-refractivity contribution is 5.73. The van der Waals surface area contributed by atoms with Crippen molar-refractivity contribution in [2.45, 2.75) is 0 Å². The fourth-order valence-electron chi connectivity index (χ4n) is 1.06. The second-order valence-electron chi connectivity index (χ2n) is 2.24. The fraction of sp³-hybridized carbons (Fsp3) is 0. The van der Waals surface area contributed by atoms with Crippen LogP contribution in [0.25, 0.3) is 5.52 Å². The van der Waals surface area contributed by atoms with Crippen molar-refractivity contribution < 1.29 is 4.79 Å². The Bertz CT molecular complexity index is 392. The van der Waals surface area contributed by atoms with Gasteiger partial charge in [-0.3, -0.25) is 4.79 Å². The number of rotatable bonds is 1. The minimum absolute atomic E-state index is 0.576. The van der Waals surface area contributed by atoms with Crippen LogP contribution in [-0.4, -0.2) is 15.9 Å². The topological polar surface area (TPSA) is 34.4 Å². The van der Waals surface area contributed by atoms with Crippen LogP contribution in [0.4, 0.5) is 0 Å². The van der Waals surface area contributed by atoms with Crippen molar-refractivity contribution in [3.63, 3.8) is 0 Å². The van der Waals surface area contributed by atoms with Crippen LogP contribution in [-0.2, 0) is 0 Å². The van der Waals surface area contributed by atoms with Crippen LogP contribution in [0, 0.1) is 0 Å². The molecule has 0 bridgehead atoms. The molecule has 54 valence electrons. The third-order valence-electron chi connectivity index (χ3n) is 1.57. The number of aromatic nitrogens is 2. The molecule has 0 unspecified atom stereocenters. The van der Waals surface area contributed by atoms with Crippen LogP contribution < -0.4 is 0 Å². The molecule has 0 atom stereocenters. The van der Waals surface area contributed by atoms with Crippen molar-refractivity contribution in [2.75, 3.05) is 0 Å². The molecule has 2 aromatic heterocycles. The molecule has 0 aliphatic rings. The molecule has 0 N–H and O–H groups in total. The molecule has 0 amide bonds. The van der Waals surface area contributed by atoms with E-state index in [0.717, 1.165) is 11.8 Å². The zero-order valence-corrected chi connectivity index (χ0v) is 5.77. The summed E-state index contributed by atoms with van der Waals surface area (Å²) >= 11 is 0. The third kappa shape index (κ3) is 0.816. The first kappa shape index (κ1) is 6.09. The van der Waals surface area contributed by atoms with Crippen LogP contribution in [0.15, 0.2) is 30.5 Å². The van der Waals surface area contributed by atoms with Gasteiger partial charge in [-0.05, 0) is 18.2 Å². The average molecular weight is 146 g/mol. The van der Waals surface area contributed by atoms with Gasteiger partial charge < -0.3 is 0 Å². The summed E-state index contributed by atoms with van der Waals surface area (Å²) in [6.45, 7) is 0. The molecule has 2 rings (SSSR count). The number of nitrogens with zero attached hydrogens (tertiary/aromatic N) is 2. The molecule has 0 spiro atoms. The van der Waals surface area contributed by atoms with E-state index in [-0.39, 0.29) is 0 Å². The van der Waals surface area contributed by atoms with E-state index in [9.17, 15) is 4.79 Å². The first-order chi connectivity index (χ1) is 5.42. The van der Waals surface area contributed by atoms with Crippen LogP contribution >= 0.6 is 0 Å². The summed E-state index contributed by atoms with van der Waals surface area (Å²) in [6, 6.07) is 7.32. The first-order valence-electron chi connectivity index (χ1n) is 3.30. The zero-order valence-electron chi connectivity index (χ0n) is 5.77. The minimum Gasteiger partial charge on any atom is -0.296 e. The summed E-state index contributed by atoms with van der Waals surface area (Å²) in [5.74, 6) is 0. The van der Waals surface area contributed by atoms with Crippen LogP contribution in [0.5, 0.6) is 0 Å². The summed E-state index contributed by atoms with van der Waals surface area (Å²) < 4.78 is 1.60. The fourth-order valence-corrected chi connectivity index (χ4v) is 1.06. The Labute approximate surface area is 63.3 Å². The van der Waals surface area contributed by atoms with Gasteiger partial charge in [-0.15, -0.1) is 0 Å². The highest BCUT2D eigenvalue weighted by atomic mass is 16.1. The van der Waals surface area contributed by atoms with Gasteiger partial charge in [-0.1, -0.05) is 6.07 Å². The molecule has 2 aromatic rings. The Morgan fingerprint density at radius 3 is 3.09 bits per heavy atom. The van der Waals surface area contributed by atoms with Gasteiger partial charge in [0.2, 0.25) is 0 Å². The van der Waals surface area contributed by atoms with Gasteiger partial charge in [0.15, 0.2) is 6.29 Å². The maximum Gasteiger partial charge on any atom is 0.168 e. The number of hydrogen-bond donors (Lipinski definition) is 0. The molecule has 0 aromatic carbocycles. The van der Waals surface area contributed by atoms with Crippen LogP contribution in [0.2, 0.25) is 0 Å². The molecule has 0 aliphatic heterocycles. The number of hydrogen-bond acceptors (Lipinski definition) is 2. The van der Waals surface area contributed by atoms with E-state index in [1.165, 1.54) is 0 Å². The van der Waals surface area contributed by atoms with Crippen LogP contribution in [0.3, 0.4) is 0 Å². The molecule has 3 heteroatoms. The molecule has 0 saturated heterocycles. The Morgan fingerprint density at radius 1 is 1.36 bits per heavy atom. The number of pyridine rings is 1. The molecule has 11 heavy (non-hydrogen) atoms. The van der Waals surface area contributed by atoms with Gasteiger partial charge in [0.05, 0.1) is 11.7 Å². The molecular formula is C8H6N2O. The quantitative estimate of drug-likeness (QED) is 0.565. The standard InChI is InChI=1S/C8H6N2O/c11-6-8-3-1-2-7-4-5-9-10(7)8/h1-6H. The van der Waals surface area contributed by atoms with Crippen molar-refractivity contribution in [2.24, 2.45) is 0 Å². The van der Waals surface area contributed by atoms with Gasteiger partial charge in [0.25, 0.3) is 0 Å². The minimum atomic E-state index is 0.576. The lowest BCUT2D eigenvalue weighted by Gasteiger charge is -1.94. The average Bonchev–Trinajstić information content (AvgIpc) is 2.50. The van der Waals surface area contributed by atoms with Gasteiger partial charge in [0.1, 0.15) is 5.69 Å². The predicted molar refractivity (Wildman–Crippen MR) is 40.6 cm³/mol. The summed E-state index contributed by atoms with van der Waals surface area (Å²) in [6.07, 6.45) is 2.46. The Balaban J connectivity index is 2.88. The summed E-state index contributed by atoms with van der Waals surface area (Å²) in [5, 5.41) is 3.97. The normalized spacial score (nSPS) is 10.2. The maximum absolute atomic E-state index is 10.5. The SMILES string of the molecule is O=Cc1cccc2ccnn12. The molecule has 0 aliphatic carbocycles. The van der Waals surface area contributed by atoms with E-state index in [1.54, 1.807) is 16.8 Å². The van der Waals surface area contributed by atoms with E-state index in [4.69, 9.17) is 0 Å². The van der Waals surface area contributed by atoms with E-state index >= 15 is 0 Å². The smallest absolute Gasteiger partial charge is 0.168 e. The van der Waals surface area contributed by atoms with Crippen LogP contribution in [0.1, 0.15) is 10.5 Å². The van der Waals surface area contributed by atoms with E-state index in [1.807, 2.05) is 18.2 Å². The van der Waals surface area contributed by atoms with E-state index in [2.05, 4.69) is 5.10 Å². The van der Waals surface area contributed by atoms with Gasteiger partial charge >= 0.3 is 0 Å². The zero-order chi connectivity index (χ0) is 7.68. The second kappa shape index (κ2) is 2.20. The largest absolute Gasteiger partial charge is 0.296 e. The highest BCUT2D eigenvalue weighted by Crippen LogP contribution is 2.03. The lowest BCUT2D eigenvalue weighted by molar-refractivity contribution is 0.111. The maximum atomic E-state index is 10.5.